The molecule has 0 aromatic heterocycles. The molecule has 0 aliphatic heterocycles. The maximum atomic E-state index is 11.0. The average molecular weight is 469 g/mol. The molecule has 0 fully saturated rings. The van der Waals surface area contributed by atoms with Crippen LogP contribution in [0.1, 0.15) is 25.0 Å². The molecule has 0 atom stereocenters. The van der Waals surface area contributed by atoms with Gasteiger partial charge in [-0.25, -0.2) is 4.79 Å². The van der Waals surface area contributed by atoms with Crippen molar-refractivity contribution >= 4 is 27.9 Å². The molecule has 0 heterocycles. The Morgan fingerprint density at radius 3 is 1.79 bits per heavy atom. The number of aromatic hydroxyl groups is 1. The average Bonchev–Trinajstić information content (AvgIpc) is 2.71. The lowest BCUT2D eigenvalue weighted by Crippen LogP contribution is -2.14. The van der Waals surface area contributed by atoms with Gasteiger partial charge >= 0.3 is 11.9 Å². The summed E-state index contributed by atoms with van der Waals surface area (Å²) >= 11 is 2.94. The predicted octanol–water partition coefficient (Wildman–Crippen LogP) is 4.58. The van der Waals surface area contributed by atoms with E-state index >= 15 is 0 Å². The topological polar surface area (TPSA) is 82.1 Å². The summed E-state index contributed by atoms with van der Waals surface area (Å²) in [6.07, 6.45) is 0. The molecule has 2 rings (SSSR count). The van der Waals surface area contributed by atoms with Crippen LogP contribution >= 0.6 is 15.9 Å². The van der Waals surface area contributed by atoms with Gasteiger partial charge in [0.1, 0.15) is 16.8 Å². The highest BCUT2D eigenvalue weighted by atomic mass is 79.9. The van der Waals surface area contributed by atoms with Gasteiger partial charge in [-0.15, -0.1) is 0 Å². The van der Waals surface area contributed by atoms with E-state index < -0.39 is 0 Å². The largest absolute Gasteiger partial charge is 0.508 e. The first-order chi connectivity index (χ1) is 13.8. The van der Waals surface area contributed by atoms with Gasteiger partial charge in [-0.3, -0.25) is 4.79 Å². The highest BCUT2D eigenvalue weighted by Gasteiger charge is 2.03. The number of aryl methyl sites for hydroxylation is 2. The van der Waals surface area contributed by atoms with Crippen molar-refractivity contribution in [2.24, 2.45) is 0 Å². The fourth-order valence-electron chi connectivity index (χ4n) is 1.82. The SMILES string of the molecule is CCOC(=O)CBr.CCOC(=O)COc1ccccc1C.Cc1ccccc1O. The first-order valence-corrected chi connectivity index (χ1v) is 10.3. The van der Waals surface area contributed by atoms with Crippen LogP contribution in [-0.2, 0) is 19.1 Å². The van der Waals surface area contributed by atoms with Crippen LogP contribution in [0.15, 0.2) is 48.5 Å². The smallest absolute Gasteiger partial charge is 0.344 e. The summed E-state index contributed by atoms with van der Waals surface area (Å²) < 4.78 is 14.5. The molecule has 0 unspecified atom stereocenters. The number of hydrogen-bond donors (Lipinski definition) is 1. The van der Waals surface area contributed by atoms with Crippen molar-refractivity contribution in [3.8, 4) is 11.5 Å². The maximum absolute atomic E-state index is 11.0. The highest BCUT2D eigenvalue weighted by molar-refractivity contribution is 9.09. The molecular formula is C22H29BrO6. The Labute approximate surface area is 180 Å². The number of phenolic OH excluding ortho intramolecular Hbond substituents is 1. The van der Waals surface area contributed by atoms with Crippen molar-refractivity contribution in [1.29, 1.82) is 0 Å². The number of esters is 2. The quantitative estimate of drug-likeness (QED) is 0.493. The molecule has 0 spiro atoms. The molecule has 1 N–H and O–H groups in total. The van der Waals surface area contributed by atoms with Crippen LogP contribution in [0.2, 0.25) is 0 Å². The van der Waals surface area contributed by atoms with Crippen molar-refractivity contribution in [2.75, 3.05) is 25.2 Å². The van der Waals surface area contributed by atoms with Gasteiger partial charge in [-0.2, -0.15) is 0 Å². The van der Waals surface area contributed by atoms with Gasteiger partial charge in [-0.05, 0) is 51.0 Å². The van der Waals surface area contributed by atoms with Gasteiger partial charge < -0.3 is 19.3 Å². The zero-order chi connectivity index (χ0) is 22.1. The molecule has 0 saturated heterocycles. The van der Waals surface area contributed by atoms with E-state index in [-0.39, 0.29) is 18.5 Å². The highest BCUT2D eigenvalue weighted by Crippen LogP contribution is 2.15. The molecule has 0 radical (unpaired) electrons. The third-order valence-corrected chi connectivity index (χ3v) is 3.73. The molecule has 6 nitrogen and oxygen atoms in total. The van der Waals surface area contributed by atoms with Crippen LogP contribution < -0.4 is 4.74 Å². The summed E-state index contributed by atoms with van der Waals surface area (Å²) in [4.78, 5) is 21.1. The van der Waals surface area contributed by atoms with Crippen molar-refractivity contribution in [3.63, 3.8) is 0 Å². The normalized spacial score (nSPS) is 9.14. The Balaban J connectivity index is 0.000000444. The monoisotopic (exact) mass is 468 g/mol. The minimum atomic E-state index is -0.337. The Morgan fingerprint density at radius 2 is 1.38 bits per heavy atom. The van der Waals surface area contributed by atoms with Gasteiger partial charge in [0.2, 0.25) is 0 Å². The second kappa shape index (κ2) is 16.4. The number of carbonyl (C=O) groups excluding carboxylic acids is 2. The molecular weight excluding hydrogens is 440 g/mol. The van der Waals surface area contributed by atoms with Crippen LogP contribution in [0.3, 0.4) is 0 Å². The van der Waals surface area contributed by atoms with Gasteiger partial charge in [-0.1, -0.05) is 52.3 Å². The van der Waals surface area contributed by atoms with Gasteiger partial charge in [0.25, 0.3) is 0 Å². The number of carbonyl (C=O) groups is 2. The van der Waals surface area contributed by atoms with Crippen LogP contribution in [-0.4, -0.2) is 42.2 Å². The number of alkyl halides is 1. The lowest BCUT2D eigenvalue weighted by molar-refractivity contribution is -0.145. The number of benzene rings is 2. The van der Waals surface area contributed by atoms with Gasteiger partial charge in [0.15, 0.2) is 6.61 Å². The first-order valence-electron chi connectivity index (χ1n) is 9.15. The summed E-state index contributed by atoms with van der Waals surface area (Å²) in [5, 5.41) is 9.21. The molecule has 0 aliphatic carbocycles. The van der Waals surface area contributed by atoms with Crippen molar-refractivity contribution < 1.29 is 28.9 Å². The van der Waals surface area contributed by atoms with E-state index in [9.17, 15) is 9.59 Å². The van der Waals surface area contributed by atoms with Gasteiger partial charge in [0, 0.05) is 0 Å². The Hall–Kier alpha value is -2.54. The molecule has 0 bridgehead atoms. The molecule has 29 heavy (non-hydrogen) atoms. The zero-order valence-corrected chi connectivity index (χ0v) is 18.9. The van der Waals surface area contributed by atoms with E-state index in [0.29, 0.717) is 24.3 Å². The third-order valence-electron chi connectivity index (χ3n) is 3.27. The molecule has 160 valence electrons. The first kappa shape index (κ1) is 26.5. The van der Waals surface area contributed by atoms with E-state index in [1.807, 2.05) is 56.3 Å². The summed E-state index contributed by atoms with van der Waals surface area (Å²) in [6.45, 7) is 8.17. The van der Waals surface area contributed by atoms with Crippen LogP contribution in [0.25, 0.3) is 0 Å². The standard InChI is InChI=1S/C11H14O3.C7H8O.C4H7BrO2/c1-3-13-11(12)8-14-10-7-5-4-6-9(10)2;1-6-4-2-3-5-7(6)8;1-2-7-4(6)3-5/h4-7H,3,8H2,1-2H3;2-5,8H,1H3;2-3H2,1H3. The molecule has 2 aromatic rings. The van der Waals surface area contributed by atoms with Crippen molar-refractivity contribution in [3.05, 3.63) is 59.7 Å². The number of phenols is 1. The zero-order valence-electron chi connectivity index (χ0n) is 17.3. The fraction of sp³-hybridized carbons (Fsp3) is 0.364. The predicted molar refractivity (Wildman–Crippen MR) is 117 cm³/mol. The van der Waals surface area contributed by atoms with Crippen LogP contribution in [0.4, 0.5) is 0 Å². The third kappa shape index (κ3) is 13.3. The Kier molecular flexibility index (Phi) is 15.0. The van der Waals surface area contributed by atoms with Crippen LogP contribution in [0, 0.1) is 13.8 Å². The van der Waals surface area contributed by atoms with E-state index in [2.05, 4.69) is 20.7 Å². The lowest BCUT2D eigenvalue weighted by atomic mass is 10.2. The second-order valence-corrected chi connectivity index (χ2v) is 6.15. The van der Waals surface area contributed by atoms with Crippen molar-refractivity contribution in [2.45, 2.75) is 27.7 Å². The lowest BCUT2D eigenvalue weighted by Gasteiger charge is -2.07. The van der Waals surface area contributed by atoms with Crippen molar-refractivity contribution in [1.82, 2.24) is 0 Å². The second-order valence-electron chi connectivity index (χ2n) is 5.58. The summed E-state index contributed by atoms with van der Waals surface area (Å²) in [7, 11) is 0. The maximum Gasteiger partial charge on any atom is 0.344 e. The van der Waals surface area contributed by atoms with E-state index in [1.54, 1.807) is 19.9 Å². The minimum Gasteiger partial charge on any atom is -0.508 e. The van der Waals surface area contributed by atoms with Gasteiger partial charge in [0.05, 0.1) is 13.2 Å². The Bertz CT molecular complexity index is 712. The molecule has 7 heteroatoms. The molecule has 0 aliphatic rings. The number of ether oxygens (including phenoxy) is 3. The fourth-order valence-corrected chi connectivity index (χ4v) is 1.98. The molecule has 0 saturated carbocycles. The van der Waals surface area contributed by atoms with Crippen LogP contribution in [0.5, 0.6) is 11.5 Å². The molecule has 2 aromatic carbocycles. The van der Waals surface area contributed by atoms with E-state index in [4.69, 9.17) is 14.6 Å². The Morgan fingerprint density at radius 1 is 0.862 bits per heavy atom. The number of hydrogen-bond acceptors (Lipinski definition) is 6. The number of para-hydroxylation sites is 2. The number of halogens is 1. The number of rotatable bonds is 6. The summed E-state index contributed by atoms with van der Waals surface area (Å²) in [6, 6.07) is 14.8. The summed E-state index contributed by atoms with van der Waals surface area (Å²) in [5.74, 6) is 0.548. The molecule has 0 amide bonds. The summed E-state index contributed by atoms with van der Waals surface area (Å²) in [5.41, 5.74) is 1.93. The van der Waals surface area contributed by atoms with E-state index in [1.165, 1.54) is 0 Å². The minimum absolute atomic E-state index is 0.0291. The van der Waals surface area contributed by atoms with E-state index in [0.717, 1.165) is 16.9 Å².